The summed E-state index contributed by atoms with van der Waals surface area (Å²) in [5.41, 5.74) is 2.81. The van der Waals surface area contributed by atoms with Gasteiger partial charge < -0.3 is 14.6 Å². The first-order chi connectivity index (χ1) is 8.93. The van der Waals surface area contributed by atoms with Crippen LogP contribution in [0.1, 0.15) is 37.1 Å². The van der Waals surface area contributed by atoms with Gasteiger partial charge in [-0.1, -0.05) is 0 Å². The van der Waals surface area contributed by atoms with Gasteiger partial charge in [-0.2, -0.15) is 0 Å². The third-order valence-corrected chi connectivity index (χ3v) is 4.04. The Morgan fingerprint density at radius 2 is 2.28 bits per heavy atom. The van der Waals surface area contributed by atoms with E-state index >= 15 is 0 Å². The molecule has 1 saturated heterocycles. The van der Waals surface area contributed by atoms with E-state index in [9.17, 15) is 0 Å². The smallest absolute Gasteiger partial charge is 0.0952 e. The number of aryl methyl sites for hydroxylation is 1. The highest BCUT2D eigenvalue weighted by Gasteiger charge is 2.16. The number of rotatable bonds is 5. The van der Waals surface area contributed by atoms with Gasteiger partial charge in [0.15, 0.2) is 0 Å². The van der Waals surface area contributed by atoms with Gasteiger partial charge in [0.05, 0.1) is 18.1 Å². The van der Waals surface area contributed by atoms with E-state index in [2.05, 4.69) is 14.9 Å². The van der Waals surface area contributed by atoms with Crippen molar-refractivity contribution in [1.29, 1.82) is 0 Å². The summed E-state index contributed by atoms with van der Waals surface area (Å²) >= 11 is 0. The van der Waals surface area contributed by atoms with Crippen LogP contribution in [0.15, 0.2) is 6.33 Å². The van der Waals surface area contributed by atoms with Crippen LogP contribution in [0, 0.1) is 0 Å². The molecule has 1 aromatic rings. The summed E-state index contributed by atoms with van der Waals surface area (Å²) in [6.07, 6.45) is 9.91. The maximum Gasteiger partial charge on any atom is 0.0952 e. The first-order valence-corrected chi connectivity index (χ1v) is 7.28. The lowest BCUT2D eigenvalue weighted by atomic mass is 10.0. The molecule has 2 aliphatic rings. The van der Waals surface area contributed by atoms with Crippen molar-refractivity contribution in [3.8, 4) is 0 Å². The molecule has 100 valence electrons. The highest BCUT2D eigenvalue weighted by atomic mass is 16.5. The molecule has 1 aromatic heterocycles. The zero-order valence-corrected chi connectivity index (χ0v) is 11.0. The number of imidazole rings is 1. The summed E-state index contributed by atoms with van der Waals surface area (Å²) in [6.45, 7) is 4.00. The minimum absolute atomic E-state index is 0.446. The van der Waals surface area contributed by atoms with Crippen molar-refractivity contribution in [2.45, 2.75) is 51.2 Å². The van der Waals surface area contributed by atoms with Gasteiger partial charge in [0.1, 0.15) is 0 Å². The minimum Gasteiger partial charge on any atom is -0.377 e. The van der Waals surface area contributed by atoms with Crippen LogP contribution >= 0.6 is 0 Å². The maximum atomic E-state index is 5.60. The van der Waals surface area contributed by atoms with E-state index < -0.39 is 0 Å². The fourth-order valence-electron chi connectivity index (χ4n) is 2.99. The molecule has 0 amide bonds. The van der Waals surface area contributed by atoms with Crippen molar-refractivity contribution in [3.63, 3.8) is 0 Å². The maximum absolute atomic E-state index is 5.60. The molecule has 1 fully saturated rings. The zero-order chi connectivity index (χ0) is 12.2. The molecule has 2 heterocycles. The Bertz CT molecular complexity index is 382. The standard InChI is InChI=1S/C14H23N3O/c1-2-6-14-13(5-1)16-11-17(14)8-7-15-10-12-4-3-9-18-12/h11-12,15H,1-10H2. The van der Waals surface area contributed by atoms with Crippen molar-refractivity contribution in [2.75, 3.05) is 19.7 Å². The van der Waals surface area contributed by atoms with Crippen LogP contribution in [-0.4, -0.2) is 35.4 Å². The number of aromatic nitrogens is 2. The molecule has 0 spiro atoms. The quantitative estimate of drug-likeness (QED) is 0.804. The van der Waals surface area contributed by atoms with E-state index in [4.69, 9.17) is 4.74 Å². The number of hydrogen-bond donors (Lipinski definition) is 1. The van der Waals surface area contributed by atoms with E-state index in [-0.39, 0.29) is 0 Å². The van der Waals surface area contributed by atoms with Gasteiger partial charge >= 0.3 is 0 Å². The van der Waals surface area contributed by atoms with Gasteiger partial charge in [-0.05, 0) is 38.5 Å². The van der Waals surface area contributed by atoms with Crippen LogP contribution in [0.4, 0.5) is 0 Å². The Morgan fingerprint density at radius 3 is 3.17 bits per heavy atom. The first-order valence-electron chi connectivity index (χ1n) is 7.28. The molecular weight excluding hydrogens is 226 g/mol. The van der Waals surface area contributed by atoms with Crippen LogP contribution in [-0.2, 0) is 24.1 Å². The largest absolute Gasteiger partial charge is 0.377 e. The molecule has 0 aromatic carbocycles. The average molecular weight is 249 g/mol. The Morgan fingerprint density at radius 1 is 1.33 bits per heavy atom. The number of fused-ring (bicyclic) bond motifs is 1. The molecule has 0 radical (unpaired) electrons. The first kappa shape index (κ1) is 12.2. The molecule has 1 aliphatic carbocycles. The number of hydrogen-bond acceptors (Lipinski definition) is 3. The van der Waals surface area contributed by atoms with Gasteiger partial charge in [-0.25, -0.2) is 4.98 Å². The molecule has 1 aliphatic heterocycles. The van der Waals surface area contributed by atoms with Crippen molar-refractivity contribution < 1.29 is 4.74 Å². The number of nitrogens with zero attached hydrogens (tertiary/aromatic N) is 2. The summed E-state index contributed by atoms with van der Waals surface area (Å²) in [7, 11) is 0. The van der Waals surface area contributed by atoms with Crippen molar-refractivity contribution in [3.05, 3.63) is 17.7 Å². The predicted molar refractivity (Wildman–Crippen MR) is 70.7 cm³/mol. The molecule has 1 atom stereocenters. The Kier molecular flexibility index (Phi) is 3.96. The Labute approximate surface area is 109 Å². The molecular formula is C14H23N3O. The highest BCUT2D eigenvalue weighted by molar-refractivity contribution is 5.16. The average Bonchev–Trinajstić information content (AvgIpc) is 3.04. The molecule has 4 nitrogen and oxygen atoms in total. The second kappa shape index (κ2) is 5.85. The third kappa shape index (κ3) is 2.75. The van der Waals surface area contributed by atoms with Crippen molar-refractivity contribution in [1.82, 2.24) is 14.9 Å². The molecule has 4 heteroatoms. The fourth-order valence-corrected chi connectivity index (χ4v) is 2.99. The molecule has 1 unspecified atom stereocenters. The van der Waals surface area contributed by atoms with Crippen LogP contribution in [0.25, 0.3) is 0 Å². The SMILES string of the molecule is c1nc2c(n1CCNCC1CCCO1)CCCC2. The summed E-state index contributed by atoms with van der Waals surface area (Å²) in [6, 6.07) is 0. The van der Waals surface area contributed by atoms with E-state index in [0.717, 1.165) is 26.2 Å². The monoisotopic (exact) mass is 249 g/mol. The number of ether oxygens (including phenoxy) is 1. The third-order valence-electron chi connectivity index (χ3n) is 4.04. The van der Waals surface area contributed by atoms with Gasteiger partial charge in [-0.3, -0.25) is 0 Å². The topological polar surface area (TPSA) is 39.1 Å². The van der Waals surface area contributed by atoms with Crippen LogP contribution < -0.4 is 5.32 Å². The Balaban J connectivity index is 1.43. The second-order valence-corrected chi connectivity index (χ2v) is 5.38. The van der Waals surface area contributed by atoms with Gasteiger partial charge in [0.25, 0.3) is 0 Å². The fraction of sp³-hybridized carbons (Fsp3) is 0.786. The molecule has 0 bridgehead atoms. The summed E-state index contributed by atoms with van der Waals surface area (Å²) in [4.78, 5) is 4.52. The van der Waals surface area contributed by atoms with Crippen LogP contribution in [0.3, 0.4) is 0 Å². The lowest BCUT2D eigenvalue weighted by Gasteiger charge is -2.15. The van der Waals surface area contributed by atoms with E-state index in [1.165, 1.54) is 49.9 Å². The molecule has 1 N–H and O–H groups in total. The Hall–Kier alpha value is -0.870. The normalized spacial score (nSPS) is 23.2. The lowest BCUT2D eigenvalue weighted by Crippen LogP contribution is -2.29. The van der Waals surface area contributed by atoms with Crippen LogP contribution in [0.5, 0.6) is 0 Å². The van der Waals surface area contributed by atoms with Gasteiger partial charge in [-0.15, -0.1) is 0 Å². The number of nitrogens with one attached hydrogen (secondary N) is 1. The summed E-state index contributed by atoms with van der Waals surface area (Å²) in [5, 5.41) is 3.50. The van der Waals surface area contributed by atoms with E-state index in [1.807, 2.05) is 6.33 Å². The van der Waals surface area contributed by atoms with E-state index in [0.29, 0.717) is 6.10 Å². The van der Waals surface area contributed by atoms with Crippen molar-refractivity contribution >= 4 is 0 Å². The minimum atomic E-state index is 0.446. The molecule has 3 rings (SSSR count). The zero-order valence-electron chi connectivity index (χ0n) is 11.0. The van der Waals surface area contributed by atoms with E-state index in [1.54, 1.807) is 0 Å². The summed E-state index contributed by atoms with van der Waals surface area (Å²) in [5.74, 6) is 0. The lowest BCUT2D eigenvalue weighted by molar-refractivity contribution is 0.110. The summed E-state index contributed by atoms with van der Waals surface area (Å²) < 4.78 is 7.93. The predicted octanol–water partition coefficient (Wildman–Crippen LogP) is 1.53. The highest BCUT2D eigenvalue weighted by Crippen LogP contribution is 2.19. The van der Waals surface area contributed by atoms with Crippen LogP contribution in [0.2, 0.25) is 0 Å². The molecule has 18 heavy (non-hydrogen) atoms. The van der Waals surface area contributed by atoms with Crippen molar-refractivity contribution in [2.24, 2.45) is 0 Å². The van der Waals surface area contributed by atoms with Gasteiger partial charge in [0, 0.05) is 31.9 Å². The van der Waals surface area contributed by atoms with Gasteiger partial charge in [0.2, 0.25) is 0 Å². The second-order valence-electron chi connectivity index (χ2n) is 5.38. The molecule has 0 saturated carbocycles.